The molecule has 0 unspecified atom stereocenters. The largest absolute Gasteiger partial charge is 0.361 e. The third-order valence-electron chi connectivity index (χ3n) is 6.20. The van der Waals surface area contributed by atoms with Crippen molar-refractivity contribution in [3.8, 4) is 0 Å². The van der Waals surface area contributed by atoms with Gasteiger partial charge in [-0.3, -0.25) is 14.3 Å². The first-order valence-corrected chi connectivity index (χ1v) is 10.4. The van der Waals surface area contributed by atoms with Crippen LogP contribution in [0.1, 0.15) is 48.9 Å². The molecule has 152 valence electrons. The van der Waals surface area contributed by atoms with Crippen LogP contribution >= 0.6 is 0 Å². The predicted octanol–water partition coefficient (Wildman–Crippen LogP) is 3.62. The summed E-state index contributed by atoms with van der Waals surface area (Å²) in [6.45, 7) is 5.27. The molecule has 2 fully saturated rings. The summed E-state index contributed by atoms with van der Waals surface area (Å²) in [6.07, 6.45) is 4.50. The highest BCUT2D eigenvalue weighted by Gasteiger charge is 2.28. The van der Waals surface area contributed by atoms with Gasteiger partial charge >= 0.3 is 0 Å². The molecule has 1 aliphatic heterocycles. The highest BCUT2D eigenvalue weighted by Crippen LogP contribution is 2.40. The Morgan fingerprint density at radius 3 is 2.72 bits per heavy atom. The van der Waals surface area contributed by atoms with E-state index in [0.717, 1.165) is 43.9 Å². The Balaban J connectivity index is 1.23. The Kier molecular flexibility index (Phi) is 4.70. The minimum Gasteiger partial charge on any atom is -0.361 e. The highest BCUT2D eigenvalue weighted by atomic mass is 19.1. The monoisotopic (exact) mass is 396 g/mol. The topological polar surface area (TPSA) is 64.2 Å². The van der Waals surface area contributed by atoms with Crippen LogP contribution < -0.4 is 5.56 Å². The van der Waals surface area contributed by atoms with Gasteiger partial charge in [-0.15, -0.1) is 0 Å². The van der Waals surface area contributed by atoms with Crippen LogP contribution in [-0.2, 0) is 13.1 Å². The van der Waals surface area contributed by atoms with Crippen LogP contribution in [-0.4, -0.2) is 32.7 Å². The first-order valence-electron chi connectivity index (χ1n) is 10.4. The van der Waals surface area contributed by atoms with Gasteiger partial charge in [-0.1, -0.05) is 5.16 Å². The highest BCUT2D eigenvalue weighted by molar-refractivity contribution is 5.77. The zero-order valence-electron chi connectivity index (χ0n) is 16.6. The number of likely N-dealkylation sites (tertiary alicyclic amines) is 1. The summed E-state index contributed by atoms with van der Waals surface area (Å²) in [4.78, 5) is 19.7. The molecule has 5 rings (SSSR count). The minimum atomic E-state index is -0.370. The van der Waals surface area contributed by atoms with Crippen LogP contribution in [0.3, 0.4) is 0 Å². The van der Waals surface area contributed by atoms with Gasteiger partial charge in [-0.2, -0.15) is 0 Å². The lowest BCUT2D eigenvalue weighted by Crippen LogP contribution is -2.36. The van der Waals surface area contributed by atoms with Gasteiger partial charge in [0.15, 0.2) is 0 Å². The molecule has 1 aromatic carbocycles. The Morgan fingerprint density at radius 1 is 1.17 bits per heavy atom. The predicted molar refractivity (Wildman–Crippen MR) is 107 cm³/mol. The molecule has 0 spiro atoms. The molecule has 3 aromatic rings. The van der Waals surface area contributed by atoms with E-state index < -0.39 is 0 Å². The molecule has 6 nitrogen and oxygen atoms in total. The van der Waals surface area contributed by atoms with Crippen molar-refractivity contribution in [2.75, 3.05) is 13.1 Å². The summed E-state index contributed by atoms with van der Waals surface area (Å²) in [5.74, 6) is 2.33. The van der Waals surface area contributed by atoms with Crippen LogP contribution in [0.15, 0.2) is 33.6 Å². The number of hydrogen-bond acceptors (Lipinski definition) is 5. The van der Waals surface area contributed by atoms with Crippen LogP contribution in [0.25, 0.3) is 10.9 Å². The molecule has 29 heavy (non-hydrogen) atoms. The number of aromatic nitrogens is 3. The number of nitrogens with zero attached hydrogens (tertiary/aromatic N) is 4. The van der Waals surface area contributed by atoms with Crippen LogP contribution in [0.4, 0.5) is 4.39 Å². The second kappa shape index (κ2) is 7.37. The average Bonchev–Trinajstić information content (AvgIpc) is 3.45. The van der Waals surface area contributed by atoms with E-state index in [1.807, 2.05) is 6.92 Å². The van der Waals surface area contributed by atoms with Gasteiger partial charge in [0.25, 0.3) is 5.56 Å². The van der Waals surface area contributed by atoms with E-state index in [-0.39, 0.29) is 11.4 Å². The van der Waals surface area contributed by atoms with E-state index in [1.54, 1.807) is 4.57 Å². The minimum absolute atomic E-state index is 0.0786. The quantitative estimate of drug-likeness (QED) is 0.659. The first kappa shape index (κ1) is 18.5. The number of piperidine rings is 1. The molecule has 0 N–H and O–H groups in total. The van der Waals surface area contributed by atoms with Gasteiger partial charge < -0.3 is 4.52 Å². The van der Waals surface area contributed by atoms with Gasteiger partial charge in [0.2, 0.25) is 0 Å². The maximum absolute atomic E-state index is 13.4. The van der Waals surface area contributed by atoms with Crippen molar-refractivity contribution >= 4 is 10.9 Å². The molecule has 0 bridgehead atoms. The van der Waals surface area contributed by atoms with E-state index in [2.05, 4.69) is 21.1 Å². The number of halogens is 1. The molecule has 0 amide bonds. The van der Waals surface area contributed by atoms with Crippen molar-refractivity contribution in [1.82, 2.24) is 19.6 Å². The molecule has 3 heterocycles. The number of rotatable bonds is 5. The Hall–Kier alpha value is -2.54. The van der Waals surface area contributed by atoms with Crippen LogP contribution in [0.5, 0.6) is 0 Å². The normalized spacial score (nSPS) is 18.6. The molecule has 1 aliphatic carbocycles. The van der Waals surface area contributed by atoms with E-state index >= 15 is 0 Å². The van der Waals surface area contributed by atoms with Crippen molar-refractivity contribution in [2.24, 2.45) is 5.92 Å². The second-order valence-electron chi connectivity index (χ2n) is 8.45. The molecule has 2 aliphatic rings. The van der Waals surface area contributed by atoms with Gasteiger partial charge in [-0.25, -0.2) is 9.37 Å². The maximum Gasteiger partial charge on any atom is 0.261 e. The molecular formula is C22H25FN4O2. The van der Waals surface area contributed by atoms with Gasteiger partial charge in [0, 0.05) is 31.1 Å². The van der Waals surface area contributed by atoms with E-state index in [9.17, 15) is 9.18 Å². The Bertz CT molecular complexity index is 1090. The first-order chi connectivity index (χ1) is 14.1. The molecule has 0 radical (unpaired) electrons. The summed E-state index contributed by atoms with van der Waals surface area (Å²) in [5, 5.41) is 4.70. The maximum atomic E-state index is 13.4. The molecule has 1 saturated heterocycles. The number of fused-ring (bicyclic) bond motifs is 1. The number of hydrogen-bond donors (Lipinski definition) is 0. The number of benzene rings is 1. The summed E-state index contributed by atoms with van der Waals surface area (Å²) < 4.78 is 20.7. The smallest absolute Gasteiger partial charge is 0.261 e. The third-order valence-corrected chi connectivity index (χ3v) is 6.20. The van der Waals surface area contributed by atoms with Crippen molar-refractivity contribution in [3.05, 3.63) is 57.7 Å². The average molecular weight is 396 g/mol. The summed E-state index contributed by atoms with van der Waals surface area (Å²) in [7, 11) is 0. The Labute approximate surface area is 168 Å². The molecule has 0 atom stereocenters. The van der Waals surface area contributed by atoms with Gasteiger partial charge in [0.05, 0.1) is 16.6 Å². The molecule has 7 heteroatoms. The van der Waals surface area contributed by atoms with Gasteiger partial charge in [-0.05, 0) is 63.7 Å². The molecule has 2 aromatic heterocycles. The second-order valence-corrected chi connectivity index (χ2v) is 8.45. The Morgan fingerprint density at radius 2 is 1.97 bits per heavy atom. The standard InChI is InChI=1S/C22H25FN4O2/c1-14-24-20-10-17(23)4-5-19(20)22(28)27(14)12-15-6-8-26(9-7-15)13-18-11-21(29-25-18)16-2-3-16/h4-5,10-11,15-16H,2-3,6-9,12-13H2,1H3. The number of aryl methyl sites for hydroxylation is 1. The summed E-state index contributed by atoms with van der Waals surface area (Å²) >= 11 is 0. The van der Waals surface area contributed by atoms with Crippen LogP contribution in [0, 0.1) is 18.7 Å². The van der Waals surface area contributed by atoms with Crippen molar-refractivity contribution in [3.63, 3.8) is 0 Å². The fraction of sp³-hybridized carbons (Fsp3) is 0.500. The molecular weight excluding hydrogens is 371 g/mol. The van der Waals surface area contributed by atoms with Crippen LogP contribution in [0.2, 0.25) is 0 Å². The van der Waals surface area contributed by atoms with E-state index in [1.165, 1.54) is 31.0 Å². The van der Waals surface area contributed by atoms with Crippen molar-refractivity contribution < 1.29 is 8.91 Å². The van der Waals surface area contributed by atoms with E-state index in [4.69, 9.17) is 4.52 Å². The SMILES string of the molecule is Cc1nc2cc(F)ccc2c(=O)n1CC1CCN(Cc2cc(C3CC3)on2)CC1. The summed E-state index contributed by atoms with van der Waals surface area (Å²) in [6, 6.07) is 6.29. The molecule has 1 saturated carbocycles. The lowest BCUT2D eigenvalue weighted by molar-refractivity contribution is 0.162. The van der Waals surface area contributed by atoms with Crippen molar-refractivity contribution in [1.29, 1.82) is 0 Å². The fourth-order valence-electron chi connectivity index (χ4n) is 4.30. The zero-order valence-corrected chi connectivity index (χ0v) is 16.6. The lowest BCUT2D eigenvalue weighted by Gasteiger charge is -2.31. The lowest BCUT2D eigenvalue weighted by atomic mass is 9.96. The fourth-order valence-corrected chi connectivity index (χ4v) is 4.30. The van der Waals surface area contributed by atoms with Gasteiger partial charge in [0.1, 0.15) is 17.4 Å². The zero-order chi connectivity index (χ0) is 20.0. The summed E-state index contributed by atoms with van der Waals surface area (Å²) in [5.41, 5.74) is 1.37. The van der Waals surface area contributed by atoms with E-state index in [0.29, 0.717) is 35.1 Å². The van der Waals surface area contributed by atoms with Crippen molar-refractivity contribution in [2.45, 2.75) is 51.6 Å². The third kappa shape index (κ3) is 3.83.